The van der Waals surface area contributed by atoms with Crippen LogP contribution in [0.1, 0.15) is 24.8 Å². The summed E-state index contributed by atoms with van der Waals surface area (Å²) in [4.78, 5) is 0.131. The molecule has 0 aromatic heterocycles. The van der Waals surface area contributed by atoms with Crippen molar-refractivity contribution in [2.75, 3.05) is 20.2 Å². The lowest BCUT2D eigenvalue weighted by Crippen LogP contribution is -2.39. The van der Waals surface area contributed by atoms with Gasteiger partial charge in [-0.1, -0.05) is 0 Å². The zero-order valence-corrected chi connectivity index (χ0v) is 14.5. The first-order chi connectivity index (χ1) is 10.5. The van der Waals surface area contributed by atoms with Crippen molar-refractivity contribution in [2.45, 2.75) is 36.2 Å². The lowest BCUT2D eigenvalue weighted by Gasteiger charge is -2.24. The minimum Gasteiger partial charge on any atom is -0.495 e. The lowest BCUT2D eigenvalue weighted by molar-refractivity contribution is 0.373. The van der Waals surface area contributed by atoms with E-state index in [1.807, 2.05) is 6.07 Å². The second kappa shape index (κ2) is 7.05. The molecule has 0 spiro atoms. The van der Waals surface area contributed by atoms with Gasteiger partial charge in [-0.05, 0) is 37.5 Å². The Labute approximate surface area is 142 Å². The summed E-state index contributed by atoms with van der Waals surface area (Å²) in [7, 11) is -2.20. The maximum atomic E-state index is 12.9. The van der Waals surface area contributed by atoms with E-state index < -0.39 is 10.0 Å². The number of nitrogens with one attached hydrogen (secondary N) is 1. The van der Waals surface area contributed by atoms with E-state index >= 15 is 0 Å². The topological polar surface area (TPSA) is 82.4 Å². The van der Waals surface area contributed by atoms with Gasteiger partial charge in [0.05, 0.1) is 18.7 Å². The molecule has 2 heterocycles. The summed E-state index contributed by atoms with van der Waals surface area (Å²) in [6.07, 6.45) is 2.97. The monoisotopic (exact) mass is 357 g/mol. The molecule has 1 aromatic rings. The molecule has 1 N–H and O–H groups in total. The number of rotatable bonds is 3. The van der Waals surface area contributed by atoms with Crippen molar-refractivity contribution in [3.63, 3.8) is 0 Å². The number of ether oxygens (including phenoxy) is 1. The Morgan fingerprint density at radius 2 is 2.04 bits per heavy atom. The SMILES string of the molecule is COc1cc(C#N)ccc1S(=O)(=O)N1CCC2CCC(C1)N2.Cl. The quantitative estimate of drug-likeness (QED) is 0.886. The van der Waals surface area contributed by atoms with E-state index in [-0.39, 0.29) is 29.1 Å². The summed E-state index contributed by atoms with van der Waals surface area (Å²) in [6.45, 7) is 1.00. The summed E-state index contributed by atoms with van der Waals surface area (Å²) in [6, 6.07) is 7.09. The summed E-state index contributed by atoms with van der Waals surface area (Å²) < 4.78 is 32.6. The van der Waals surface area contributed by atoms with E-state index in [4.69, 9.17) is 10.00 Å². The average molecular weight is 358 g/mol. The van der Waals surface area contributed by atoms with Crippen molar-refractivity contribution in [1.82, 2.24) is 9.62 Å². The van der Waals surface area contributed by atoms with E-state index in [2.05, 4.69) is 5.32 Å². The Kier molecular flexibility index (Phi) is 5.53. The third-order valence-corrected chi connectivity index (χ3v) is 6.30. The van der Waals surface area contributed by atoms with Crippen LogP contribution in [0.5, 0.6) is 5.75 Å². The smallest absolute Gasteiger partial charge is 0.246 e. The first-order valence-corrected chi connectivity index (χ1v) is 8.83. The third kappa shape index (κ3) is 3.45. The fraction of sp³-hybridized carbons (Fsp3) is 0.533. The predicted octanol–water partition coefficient (Wildman–Crippen LogP) is 1.50. The fourth-order valence-corrected chi connectivity index (χ4v) is 4.86. The lowest BCUT2D eigenvalue weighted by atomic mass is 10.1. The number of benzene rings is 1. The third-order valence-electron chi connectivity index (χ3n) is 4.40. The zero-order chi connectivity index (χ0) is 15.7. The summed E-state index contributed by atoms with van der Waals surface area (Å²) in [5.74, 6) is 0.224. The Hall–Kier alpha value is -1.33. The minimum atomic E-state index is -3.62. The molecular formula is C15H20ClN3O3S. The van der Waals surface area contributed by atoms with Crippen molar-refractivity contribution in [3.8, 4) is 11.8 Å². The molecule has 3 rings (SSSR count). The number of methoxy groups -OCH3 is 1. The first-order valence-electron chi connectivity index (χ1n) is 7.39. The van der Waals surface area contributed by atoms with E-state index in [1.54, 1.807) is 0 Å². The average Bonchev–Trinajstić information content (AvgIpc) is 2.84. The second-order valence-corrected chi connectivity index (χ2v) is 7.67. The number of hydrogen-bond acceptors (Lipinski definition) is 5. The van der Waals surface area contributed by atoms with Crippen LogP contribution in [0.2, 0.25) is 0 Å². The molecule has 2 saturated heterocycles. The molecule has 1 aromatic carbocycles. The highest BCUT2D eigenvalue weighted by molar-refractivity contribution is 7.89. The maximum absolute atomic E-state index is 12.9. The van der Waals surface area contributed by atoms with Gasteiger partial charge in [-0.15, -0.1) is 12.4 Å². The Balaban J connectivity index is 0.00000192. The molecule has 0 radical (unpaired) electrons. The van der Waals surface area contributed by atoms with Crippen LogP contribution in [-0.2, 0) is 10.0 Å². The molecule has 23 heavy (non-hydrogen) atoms. The molecule has 2 aliphatic rings. The van der Waals surface area contributed by atoms with Gasteiger partial charge in [-0.25, -0.2) is 8.42 Å². The Bertz CT molecular complexity index is 717. The highest BCUT2D eigenvalue weighted by atomic mass is 35.5. The van der Waals surface area contributed by atoms with E-state index in [1.165, 1.54) is 29.6 Å². The Morgan fingerprint density at radius 3 is 2.74 bits per heavy atom. The van der Waals surface area contributed by atoms with Crippen molar-refractivity contribution in [1.29, 1.82) is 5.26 Å². The Morgan fingerprint density at radius 1 is 1.30 bits per heavy atom. The molecule has 2 atom stereocenters. The van der Waals surface area contributed by atoms with Gasteiger partial charge in [0.15, 0.2) is 0 Å². The highest BCUT2D eigenvalue weighted by Gasteiger charge is 2.36. The van der Waals surface area contributed by atoms with Crippen molar-refractivity contribution in [2.24, 2.45) is 0 Å². The van der Waals surface area contributed by atoms with Gasteiger partial charge < -0.3 is 10.1 Å². The van der Waals surface area contributed by atoms with Crippen LogP contribution in [-0.4, -0.2) is 45.0 Å². The number of nitrogens with zero attached hydrogens (tertiary/aromatic N) is 2. The molecule has 126 valence electrons. The molecule has 2 unspecified atom stereocenters. The largest absolute Gasteiger partial charge is 0.495 e. The second-order valence-electron chi connectivity index (χ2n) is 5.77. The van der Waals surface area contributed by atoms with Crippen LogP contribution < -0.4 is 10.1 Å². The van der Waals surface area contributed by atoms with E-state index in [0.29, 0.717) is 24.7 Å². The normalized spacial score (nSPS) is 24.3. The number of sulfonamides is 1. The summed E-state index contributed by atoms with van der Waals surface area (Å²) >= 11 is 0. The van der Waals surface area contributed by atoms with Gasteiger partial charge >= 0.3 is 0 Å². The zero-order valence-electron chi connectivity index (χ0n) is 12.9. The molecule has 0 saturated carbocycles. The molecule has 6 nitrogen and oxygen atoms in total. The van der Waals surface area contributed by atoms with Crippen LogP contribution in [0.3, 0.4) is 0 Å². The summed E-state index contributed by atoms with van der Waals surface area (Å²) in [5.41, 5.74) is 0.382. The molecular weight excluding hydrogens is 338 g/mol. The highest BCUT2D eigenvalue weighted by Crippen LogP contribution is 2.30. The summed E-state index contributed by atoms with van der Waals surface area (Å²) in [5, 5.41) is 12.4. The number of hydrogen-bond donors (Lipinski definition) is 1. The fourth-order valence-electron chi connectivity index (χ4n) is 3.22. The van der Waals surface area contributed by atoms with Crippen LogP contribution in [0, 0.1) is 11.3 Å². The molecule has 8 heteroatoms. The van der Waals surface area contributed by atoms with Crippen molar-refractivity contribution in [3.05, 3.63) is 23.8 Å². The molecule has 0 aliphatic carbocycles. The predicted molar refractivity (Wildman–Crippen MR) is 88.3 cm³/mol. The molecule has 0 amide bonds. The van der Waals surface area contributed by atoms with Crippen LogP contribution in [0.15, 0.2) is 23.1 Å². The van der Waals surface area contributed by atoms with E-state index in [9.17, 15) is 8.42 Å². The van der Waals surface area contributed by atoms with Crippen molar-refractivity contribution < 1.29 is 13.2 Å². The van der Waals surface area contributed by atoms with Gasteiger partial charge in [0.25, 0.3) is 0 Å². The van der Waals surface area contributed by atoms with Gasteiger partial charge in [0.1, 0.15) is 10.6 Å². The molecule has 2 bridgehead atoms. The van der Waals surface area contributed by atoms with Crippen LogP contribution >= 0.6 is 12.4 Å². The first kappa shape index (κ1) is 18.0. The minimum absolute atomic E-state index is 0. The van der Waals surface area contributed by atoms with Gasteiger partial charge in [0, 0.05) is 25.2 Å². The number of halogens is 1. The molecule has 2 fully saturated rings. The van der Waals surface area contributed by atoms with Gasteiger partial charge in [-0.3, -0.25) is 0 Å². The van der Waals surface area contributed by atoms with Crippen molar-refractivity contribution >= 4 is 22.4 Å². The maximum Gasteiger partial charge on any atom is 0.246 e. The number of fused-ring (bicyclic) bond motifs is 2. The van der Waals surface area contributed by atoms with Gasteiger partial charge in [0.2, 0.25) is 10.0 Å². The van der Waals surface area contributed by atoms with Crippen LogP contribution in [0.4, 0.5) is 0 Å². The standard InChI is InChI=1S/C15H19N3O3S.ClH/c1-21-14-8-11(9-16)2-5-15(14)22(19,20)18-7-6-12-3-4-13(10-18)17-12;/h2,5,8,12-13,17H,3-4,6-7,10H2,1H3;1H. The molecule has 2 aliphatic heterocycles. The van der Waals surface area contributed by atoms with Crippen LogP contribution in [0.25, 0.3) is 0 Å². The van der Waals surface area contributed by atoms with E-state index in [0.717, 1.165) is 19.3 Å². The van der Waals surface area contributed by atoms with Gasteiger partial charge in [-0.2, -0.15) is 9.57 Å². The number of nitriles is 1.